The van der Waals surface area contributed by atoms with Crippen molar-refractivity contribution >= 4 is 34.8 Å². The largest absolute Gasteiger partial charge is 0.463 e. The van der Waals surface area contributed by atoms with Gasteiger partial charge in [-0.15, -0.1) is 0 Å². The number of carbonyl (C=O) groups is 3. The predicted octanol–water partition coefficient (Wildman–Crippen LogP) is 2.83. The third kappa shape index (κ3) is 3.75. The van der Waals surface area contributed by atoms with Crippen LogP contribution < -0.4 is 4.74 Å². The third-order valence-electron chi connectivity index (χ3n) is 4.17. The highest BCUT2D eigenvalue weighted by Crippen LogP contribution is 2.43. The van der Waals surface area contributed by atoms with Crippen LogP contribution in [-0.4, -0.2) is 40.3 Å². The molecule has 7 nitrogen and oxygen atoms in total. The van der Waals surface area contributed by atoms with Gasteiger partial charge >= 0.3 is 11.9 Å². The lowest BCUT2D eigenvalue weighted by molar-refractivity contribution is -0.139. The Labute approximate surface area is 161 Å². The zero-order valence-electron chi connectivity index (χ0n) is 15.4. The maximum Gasteiger partial charge on any atom is 0.338 e. The summed E-state index contributed by atoms with van der Waals surface area (Å²) < 4.78 is 10.6. The Morgan fingerprint density at radius 3 is 2.78 bits per heavy atom. The van der Waals surface area contributed by atoms with Crippen molar-refractivity contribution in [1.82, 2.24) is 4.90 Å². The molecule has 1 amide bonds. The highest BCUT2D eigenvalue weighted by Gasteiger charge is 2.42. The second kappa shape index (κ2) is 7.96. The molecule has 1 aromatic carbocycles. The van der Waals surface area contributed by atoms with E-state index < -0.39 is 18.0 Å². The van der Waals surface area contributed by atoms with E-state index in [-0.39, 0.29) is 18.1 Å². The van der Waals surface area contributed by atoms with E-state index in [0.29, 0.717) is 34.4 Å². The monoisotopic (exact) mass is 388 g/mol. The molecule has 2 aliphatic heterocycles. The molecule has 3 rings (SSSR count). The summed E-state index contributed by atoms with van der Waals surface area (Å²) in [5.41, 5.74) is 1.30. The van der Waals surface area contributed by atoms with E-state index in [0.717, 1.165) is 0 Å². The van der Waals surface area contributed by atoms with Crippen LogP contribution in [0.5, 0.6) is 5.75 Å². The van der Waals surface area contributed by atoms with E-state index in [1.54, 1.807) is 38.1 Å². The van der Waals surface area contributed by atoms with Gasteiger partial charge in [-0.1, -0.05) is 30.0 Å². The first kappa shape index (κ1) is 19.2. The lowest BCUT2D eigenvalue weighted by atomic mass is 9.93. The summed E-state index contributed by atoms with van der Waals surface area (Å²) >= 11 is 1.46. The normalized spacial score (nSPS) is 19.4. The van der Waals surface area contributed by atoms with Crippen LogP contribution in [0.4, 0.5) is 0 Å². The van der Waals surface area contributed by atoms with Crippen LogP contribution in [0.3, 0.4) is 0 Å². The highest BCUT2D eigenvalue weighted by atomic mass is 32.2. The number of aliphatic imine (C=N–C) groups is 1. The lowest BCUT2D eigenvalue weighted by Gasteiger charge is -2.39. The summed E-state index contributed by atoms with van der Waals surface area (Å²) in [7, 11) is 0. The van der Waals surface area contributed by atoms with Gasteiger partial charge in [-0.2, -0.15) is 0 Å². The SMILES string of the molecule is CCOC(=O)C1=C(C)N=C2SCCC(=O)N2[C@H]1c1ccccc1OC(C)=O. The molecule has 1 saturated heterocycles. The van der Waals surface area contributed by atoms with Crippen molar-refractivity contribution < 1.29 is 23.9 Å². The Kier molecular flexibility index (Phi) is 5.65. The van der Waals surface area contributed by atoms with Crippen molar-refractivity contribution in [1.29, 1.82) is 0 Å². The fourth-order valence-electron chi connectivity index (χ4n) is 3.11. The molecular formula is C19H20N2O5S. The summed E-state index contributed by atoms with van der Waals surface area (Å²) in [4.78, 5) is 42.9. The molecule has 142 valence electrons. The van der Waals surface area contributed by atoms with E-state index in [2.05, 4.69) is 4.99 Å². The number of fused-ring (bicyclic) bond motifs is 1. The minimum atomic E-state index is -0.757. The van der Waals surface area contributed by atoms with E-state index in [1.165, 1.54) is 23.6 Å². The number of esters is 2. The first-order valence-electron chi connectivity index (χ1n) is 8.62. The minimum Gasteiger partial charge on any atom is -0.463 e. The summed E-state index contributed by atoms with van der Waals surface area (Å²) in [5, 5.41) is 0.541. The average Bonchev–Trinajstić information content (AvgIpc) is 2.61. The number of rotatable bonds is 4. The van der Waals surface area contributed by atoms with E-state index in [4.69, 9.17) is 9.47 Å². The topological polar surface area (TPSA) is 85.3 Å². The second-order valence-electron chi connectivity index (χ2n) is 6.01. The van der Waals surface area contributed by atoms with Crippen LogP contribution in [-0.2, 0) is 19.1 Å². The third-order valence-corrected chi connectivity index (χ3v) is 5.12. The smallest absolute Gasteiger partial charge is 0.338 e. The lowest BCUT2D eigenvalue weighted by Crippen LogP contribution is -2.46. The van der Waals surface area contributed by atoms with Crippen molar-refractivity contribution in [3.05, 3.63) is 41.1 Å². The van der Waals surface area contributed by atoms with Crippen LogP contribution in [0.15, 0.2) is 40.5 Å². The quantitative estimate of drug-likeness (QED) is 0.582. The molecule has 1 aromatic rings. The molecular weight excluding hydrogens is 368 g/mol. The number of para-hydroxylation sites is 1. The molecule has 0 saturated carbocycles. The van der Waals surface area contributed by atoms with E-state index in [9.17, 15) is 14.4 Å². The Morgan fingerprint density at radius 2 is 2.07 bits per heavy atom. The molecule has 2 aliphatic rings. The number of nitrogens with zero attached hydrogens (tertiary/aromatic N) is 2. The number of carbonyl (C=O) groups excluding carboxylic acids is 3. The molecule has 0 aliphatic carbocycles. The first-order valence-corrected chi connectivity index (χ1v) is 9.61. The molecule has 1 fully saturated rings. The van der Waals surface area contributed by atoms with Gasteiger partial charge in [0.05, 0.1) is 17.9 Å². The predicted molar refractivity (Wildman–Crippen MR) is 101 cm³/mol. The number of allylic oxidation sites excluding steroid dienone is 1. The maximum absolute atomic E-state index is 12.7. The number of hydrogen-bond acceptors (Lipinski definition) is 7. The van der Waals surface area contributed by atoms with Crippen molar-refractivity contribution in [2.75, 3.05) is 12.4 Å². The molecule has 0 bridgehead atoms. The zero-order chi connectivity index (χ0) is 19.6. The van der Waals surface area contributed by atoms with Gasteiger partial charge in [-0.3, -0.25) is 14.5 Å². The van der Waals surface area contributed by atoms with Crippen LogP contribution in [0.1, 0.15) is 38.8 Å². The fraction of sp³-hybridized carbons (Fsp3) is 0.368. The van der Waals surface area contributed by atoms with Crippen molar-refractivity contribution in [3.63, 3.8) is 0 Å². The Morgan fingerprint density at radius 1 is 1.33 bits per heavy atom. The van der Waals surface area contributed by atoms with Crippen LogP contribution in [0.2, 0.25) is 0 Å². The molecule has 1 atom stereocenters. The molecule has 0 aromatic heterocycles. The Bertz CT molecular complexity index is 861. The Hall–Kier alpha value is -2.61. The van der Waals surface area contributed by atoms with Crippen LogP contribution >= 0.6 is 11.8 Å². The molecule has 0 N–H and O–H groups in total. The number of benzene rings is 1. The van der Waals surface area contributed by atoms with Gasteiger partial charge in [0, 0.05) is 24.7 Å². The maximum atomic E-state index is 12.7. The van der Waals surface area contributed by atoms with Gasteiger partial charge in [-0.05, 0) is 19.9 Å². The van der Waals surface area contributed by atoms with Gasteiger partial charge in [0.15, 0.2) is 5.17 Å². The highest BCUT2D eigenvalue weighted by molar-refractivity contribution is 8.14. The average molecular weight is 388 g/mol. The van der Waals surface area contributed by atoms with Gasteiger partial charge in [-0.25, -0.2) is 9.79 Å². The fourth-order valence-corrected chi connectivity index (χ4v) is 4.12. The minimum absolute atomic E-state index is 0.135. The number of amidine groups is 1. The van der Waals surface area contributed by atoms with Crippen molar-refractivity contribution in [2.45, 2.75) is 33.2 Å². The molecule has 0 radical (unpaired) electrons. The Balaban J connectivity index is 2.19. The standard InChI is InChI=1S/C19H20N2O5S/c1-4-25-18(24)16-11(2)20-19-21(15(23)9-10-27-19)17(16)13-7-5-6-8-14(13)26-12(3)22/h5-8,17H,4,9-10H2,1-3H3/t17-/m0/s1. The number of ether oxygens (including phenoxy) is 2. The van der Waals surface area contributed by atoms with Crippen LogP contribution in [0, 0.1) is 0 Å². The van der Waals surface area contributed by atoms with Gasteiger partial charge < -0.3 is 9.47 Å². The van der Waals surface area contributed by atoms with Gasteiger partial charge in [0.2, 0.25) is 5.91 Å². The summed E-state index contributed by atoms with van der Waals surface area (Å²) in [5.74, 6) is -0.221. The van der Waals surface area contributed by atoms with Crippen molar-refractivity contribution in [3.8, 4) is 5.75 Å². The van der Waals surface area contributed by atoms with Crippen LogP contribution in [0.25, 0.3) is 0 Å². The molecule has 8 heteroatoms. The number of thioether (sulfide) groups is 1. The van der Waals surface area contributed by atoms with E-state index >= 15 is 0 Å². The second-order valence-corrected chi connectivity index (χ2v) is 7.07. The molecule has 27 heavy (non-hydrogen) atoms. The summed E-state index contributed by atoms with van der Waals surface area (Å²) in [6.45, 7) is 4.94. The molecule has 0 spiro atoms. The molecule has 0 unspecified atom stereocenters. The number of hydrogen-bond donors (Lipinski definition) is 0. The van der Waals surface area contributed by atoms with Crippen molar-refractivity contribution in [2.24, 2.45) is 4.99 Å². The number of amides is 1. The summed E-state index contributed by atoms with van der Waals surface area (Å²) in [6.07, 6.45) is 0.338. The summed E-state index contributed by atoms with van der Waals surface area (Å²) in [6, 6.07) is 6.13. The van der Waals surface area contributed by atoms with Gasteiger partial charge in [0.25, 0.3) is 0 Å². The first-order chi connectivity index (χ1) is 12.9. The molecule has 2 heterocycles. The van der Waals surface area contributed by atoms with E-state index in [1.807, 2.05) is 0 Å². The van der Waals surface area contributed by atoms with Gasteiger partial charge in [0.1, 0.15) is 11.8 Å². The zero-order valence-corrected chi connectivity index (χ0v) is 16.2.